The van der Waals surface area contributed by atoms with E-state index in [9.17, 15) is 18.0 Å². The van der Waals surface area contributed by atoms with E-state index >= 15 is 0 Å². The van der Waals surface area contributed by atoms with Crippen LogP contribution >= 0.6 is 11.6 Å². The highest BCUT2D eigenvalue weighted by Crippen LogP contribution is 2.26. The van der Waals surface area contributed by atoms with Crippen LogP contribution in [0.25, 0.3) is 0 Å². The van der Waals surface area contributed by atoms with Gasteiger partial charge in [-0.1, -0.05) is 55.3 Å². The summed E-state index contributed by atoms with van der Waals surface area (Å²) in [4.78, 5) is 28.4. The number of nitrogens with zero attached hydrogens (tertiary/aromatic N) is 2. The van der Waals surface area contributed by atoms with E-state index in [-0.39, 0.29) is 23.3 Å². The lowest BCUT2D eigenvalue weighted by molar-refractivity contribution is -0.139. The van der Waals surface area contributed by atoms with Crippen molar-refractivity contribution < 1.29 is 22.7 Å². The van der Waals surface area contributed by atoms with Crippen LogP contribution < -0.4 is 14.4 Å². The predicted molar refractivity (Wildman–Crippen MR) is 158 cm³/mol. The van der Waals surface area contributed by atoms with Crippen LogP contribution in [0.5, 0.6) is 5.75 Å². The van der Waals surface area contributed by atoms with Crippen molar-refractivity contribution in [1.82, 2.24) is 10.2 Å². The number of amides is 2. The minimum absolute atomic E-state index is 0.00709. The monoisotopic (exact) mass is 585 g/mol. The highest BCUT2D eigenvalue weighted by atomic mass is 35.5. The molecule has 1 unspecified atom stereocenters. The number of anilines is 1. The highest BCUT2D eigenvalue weighted by molar-refractivity contribution is 7.92. The average molecular weight is 586 g/mol. The number of hydrogen-bond acceptors (Lipinski definition) is 5. The Morgan fingerprint density at radius 3 is 2.23 bits per heavy atom. The Bertz CT molecular complexity index is 1410. The normalized spacial score (nSPS) is 12.1. The number of aryl methyl sites for hydroxylation is 1. The molecule has 0 aliphatic rings. The number of carbonyl (C=O) groups excluding carboxylic acids is 2. The van der Waals surface area contributed by atoms with E-state index in [1.807, 2.05) is 26.8 Å². The lowest BCUT2D eigenvalue weighted by atomic mass is 10.1. The molecule has 10 heteroatoms. The van der Waals surface area contributed by atoms with Crippen LogP contribution in [0.3, 0.4) is 0 Å². The minimum Gasteiger partial charge on any atom is -0.497 e. The van der Waals surface area contributed by atoms with Crippen molar-refractivity contribution >= 4 is 39.1 Å². The van der Waals surface area contributed by atoms with Gasteiger partial charge in [-0.05, 0) is 73.9 Å². The number of halogens is 1. The SMILES string of the molecule is COc1cccc(CN(C(=O)CN(c2ccc(C)cc2)S(=O)(=O)c2ccc(Cl)cc2)C(C)C(=O)NCC(C)C)c1. The fraction of sp³-hybridized carbons (Fsp3) is 0.333. The molecular formula is C30H36ClN3O5S. The summed E-state index contributed by atoms with van der Waals surface area (Å²) in [6.07, 6.45) is 0. The second-order valence-corrected chi connectivity index (χ2v) is 12.3. The first-order chi connectivity index (χ1) is 18.9. The number of benzene rings is 3. The van der Waals surface area contributed by atoms with Crippen molar-refractivity contribution in [3.63, 3.8) is 0 Å². The minimum atomic E-state index is -4.16. The molecule has 1 N–H and O–H groups in total. The molecule has 0 radical (unpaired) electrons. The molecule has 8 nitrogen and oxygen atoms in total. The molecule has 3 aromatic rings. The molecule has 0 heterocycles. The Morgan fingerprint density at radius 1 is 0.975 bits per heavy atom. The van der Waals surface area contributed by atoms with Gasteiger partial charge in [0, 0.05) is 18.1 Å². The smallest absolute Gasteiger partial charge is 0.264 e. The van der Waals surface area contributed by atoms with Gasteiger partial charge >= 0.3 is 0 Å². The van der Waals surface area contributed by atoms with Gasteiger partial charge in [0.2, 0.25) is 11.8 Å². The maximum Gasteiger partial charge on any atom is 0.264 e. The van der Waals surface area contributed by atoms with E-state index in [1.165, 1.54) is 29.2 Å². The van der Waals surface area contributed by atoms with Crippen LogP contribution in [0.1, 0.15) is 31.9 Å². The first kappa shape index (κ1) is 31.0. The van der Waals surface area contributed by atoms with Crippen molar-refractivity contribution in [3.8, 4) is 5.75 Å². The summed E-state index contributed by atoms with van der Waals surface area (Å²) in [6, 6.07) is 19.0. The molecule has 0 spiro atoms. The van der Waals surface area contributed by atoms with Gasteiger partial charge in [0.05, 0.1) is 17.7 Å². The van der Waals surface area contributed by atoms with Gasteiger partial charge in [-0.15, -0.1) is 0 Å². The zero-order chi connectivity index (χ0) is 29.4. The number of rotatable bonds is 12. The summed E-state index contributed by atoms with van der Waals surface area (Å²) in [6.45, 7) is 7.49. The van der Waals surface area contributed by atoms with Crippen molar-refractivity contribution in [2.45, 2.75) is 45.2 Å². The molecule has 214 valence electrons. The van der Waals surface area contributed by atoms with Crippen molar-refractivity contribution in [2.75, 3.05) is 24.5 Å². The number of nitrogens with one attached hydrogen (secondary N) is 1. The van der Waals surface area contributed by atoms with E-state index in [0.29, 0.717) is 23.0 Å². The molecule has 0 aromatic heterocycles. The van der Waals surface area contributed by atoms with Gasteiger partial charge in [0.15, 0.2) is 0 Å². The van der Waals surface area contributed by atoms with Gasteiger partial charge < -0.3 is 15.0 Å². The lowest BCUT2D eigenvalue weighted by Gasteiger charge is -2.32. The Hall–Kier alpha value is -3.56. The largest absolute Gasteiger partial charge is 0.497 e. The van der Waals surface area contributed by atoms with E-state index in [4.69, 9.17) is 16.3 Å². The van der Waals surface area contributed by atoms with Crippen LogP contribution in [-0.2, 0) is 26.2 Å². The Labute approximate surface area is 241 Å². The number of hydrogen-bond donors (Lipinski definition) is 1. The van der Waals surface area contributed by atoms with Crippen LogP contribution in [0.4, 0.5) is 5.69 Å². The summed E-state index contributed by atoms with van der Waals surface area (Å²) in [5.41, 5.74) is 2.00. The summed E-state index contributed by atoms with van der Waals surface area (Å²) >= 11 is 5.99. The molecule has 0 aliphatic heterocycles. The fourth-order valence-corrected chi connectivity index (χ4v) is 5.52. The van der Waals surface area contributed by atoms with Crippen molar-refractivity contribution in [3.05, 3.63) is 88.9 Å². The second-order valence-electron chi connectivity index (χ2n) is 9.99. The third-order valence-corrected chi connectivity index (χ3v) is 8.38. The molecular weight excluding hydrogens is 550 g/mol. The molecule has 40 heavy (non-hydrogen) atoms. The number of methoxy groups -OCH3 is 1. The first-order valence-corrected chi connectivity index (χ1v) is 14.8. The van der Waals surface area contributed by atoms with E-state index in [1.54, 1.807) is 56.5 Å². The standard InChI is InChI=1S/C30H36ClN3O5S/c1-21(2)18-32-30(36)23(4)33(19-24-7-6-8-27(17-24)39-5)29(35)20-34(26-13-9-22(3)10-14-26)40(37,38)28-15-11-25(31)12-16-28/h6-17,21,23H,18-20H2,1-5H3,(H,32,36). The summed E-state index contributed by atoms with van der Waals surface area (Å²) in [7, 11) is -2.61. The van der Waals surface area contributed by atoms with Crippen LogP contribution in [-0.4, -0.2) is 51.4 Å². The number of sulfonamides is 1. The third-order valence-electron chi connectivity index (χ3n) is 6.34. The molecule has 0 saturated heterocycles. The summed E-state index contributed by atoms with van der Waals surface area (Å²) < 4.78 is 34.0. The molecule has 1 atom stereocenters. The fourth-order valence-electron chi connectivity index (χ4n) is 3.98. The number of ether oxygens (including phenoxy) is 1. The van der Waals surface area contributed by atoms with E-state index in [0.717, 1.165) is 15.4 Å². The zero-order valence-corrected chi connectivity index (χ0v) is 25.0. The van der Waals surface area contributed by atoms with Crippen molar-refractivity contribution in [2.24, 2.45) is 5.92 Å². The topological polar surface area (TPSA) is 96.0 Å². The van der Waals surface area contributed by atoms with E-state index < -0.39 is 28.5 Å². The Kier molecular flexibility index (Phi) is 10.6. The molecule has 0 bridgehead atoms. The molecule has 2 amide bonds. The predicted octanol–water partition coefficient (Wildman–Crippen LogP) is 5.04. The van der Waals surface area contributed by atoms with Crippen LogP contribution in [0.2, 0.25) is 5.02 Å². The highest BCUT2D eigenvalue weighted by Gasteiger charge is 2.32. The number of carbonyl (C=O) groups is 2. The Balaban J connectivity index is 2.01. The van der Waals surface area contributed by atoms with Crippen LogP contribution in [0, 0.1) is 12.8 Å². The lowest BCUT2D eigenvalue weighted by Crippen LogP contribution is -2.51. The van der Waals surface area contributed by atoms with E-state index in [2.05, 4.69) is 5.32 Å². The third kappa shape index (κ3) is 7.99. The van der Waals surface area contributed by atoms with Gasteiger partial charge in [0.1, 0.15) is 18.3 Å². The molecule has 0 aliphatic carbocycles. The van der Waals surface area contributed by atoms with Gasteiger partial charge in [-0.3, -0.25) is 13.9 Å². The zero-order valence-electron chi connectivity index (χ0n) is 23.4. The molecule has 3 aromatic carbocycles. The second kappa shape index (κ2) is 13.7. The van der Waals surface area contributed by atoms with Crippen molar-refractivity contribution in [1.29, 1.82) is 0 Å². The molecule has 3 rings (SSSR count). The van der Waals surface area contributed by atoms with Gasteiger partial charge in [-0.25, -0.2) is 8.42 Å². The maximum atomic E-state index is 14.0. The maximum absolute atomic E-state index is 14.0. The quantitative estimate of drug-likeness (QED) is 0.321. The van der Waals surface area contributed by atoms with Gasteiger partial charge in [-0.2, -0.15) is 0 Å². The summed E-state index contributed by atoms with van der Waals surface area (Å²) in [5, 5.41) is 3.27. The summed E-state index contributed by atoms with van der Waals surface area (Å²) in [5.74, 6) is -0.0332. The first-order valence-electron chi connectivity index (χ1n) is 13.0. The molecule has 0 saturated carbocycles. The van der Waals surface area contributed by atoms with Gasteiger partial charge in [0.25, 0.3) is 10.0 Å². The molecule has 0 fully saturated rings. The Morgan fingerprint density at radius 2 is 1.62 bits per heavy atom. The average Bonchev–Trinajstić information content (AvgIpc) is 2.93. The van der Waals surface area contributed by atoms with Crippen LogP contribution in [0.15, 0.2) is 77.7 Å².